The number of allylic oxidation sites excluding steroid dienone is 1. The van der Waals surface area contributed by atoms with E-state index in [-0.39, 0.29) is 0 Å². The second kappa shape index (κ2) is 16.3. The average molecular weight is 839 g/mol. The van der Waals surface area contributed by atoms with Gasteiger partial charge >= 0.3 is 0 Å². The maximum absolute atomic E-state index is 5.83. The van der Waals surface area contributed by atoms with Crippen molar-refractivity contribution in [2.24, 2.45) is 0 Å². The van der Waals surface area contributed by atoms with Crippen molar-refractivity contribution in [1.82, 2.24) is 19.1 Å². The summed E-state index contributed by atoms with van der Waals surface area (Å²) < 4.78 is 4.49. The standard InChI is InChI=1S/C59H42N4S/c1-3-4-35-52-42(2)48-31-14-18-36-53(48)62(52)57-41-58(63-54-37-19-15-33-50(54)51-34-16-20-38-55(51)63)61-59(60-57)44-24-22-23-43(40-44)49-32-17-21-39-56(49)64(45-25-8-5-9-26-45,46-27-10-6-11-28-46)47-29-12-7-13-30-47/h1,4-41H,2H3/b35-4-. The SMILES string of the molecule is C#C/C=C\c1c(C)c2ccccc2n1-c1cc(-n2c3ccccc3c3ccccc32)nc(-c2cccc(-c3ccccc3S(c3ccccc3)(c3ccccc3)c3ccccc3)c2)n1. The molecule has 0 fully saturated rings. The van der Waals surface area contributed by atoms with E-state index in [1.807, 2.05) is 6.08 Å². The Labute approximate surface area is 374 Å². The lowest BCUT2D eigenvalue weighted by Crippen LogP contribution is -2.07. The van der Waals surface area contributed by atoms with Crippen LogP contribution in [0.5, 0.6) is 0 Å². The summed E-state index contributed by atoms with van der Waals surface area (Å²) in [4.78, 5) is 16.0. The summed E-state index contributed by atoms with van der Waals surface area (Å²) in [5.41, 5.74) is 8.43. The maximum atomic E-state index is 5.83. The zero-order valence-electron chi connectivity index (χ0n) is 35.2. The molecule has 0 aliphatic heterocycles. The third-order valence-corrected chi connectivity index (χ3v) is 16.1. The predicted molar refractivity (Wildman–Crippen MR) is 267 cm³/mol. The summed E-state index contributed by atoms with van der Waals surface area (Å²) >= 11 is 0. The summed E-state index contributed by atoms with van der Waals surface area (Å²) in [6.45, 7) is 2.15. The van der Waals surface area contributed by atoms with Gasteiger partial charge in [0, 0.05) is 47.4 Å². The largest absolute Gasteiger partial charge is 0.294 e. The second-order valence-corrected chi connectivity index (χ2v) is 18.8. The molecule has 3 heterocycles. The zero-order chi connectivity index (χ0) is 43.0. The zero-order valence-corrected chi connectivity index (χ0v) is 36.0. The molecule has 0 aliphatic rings. The summed E-state index contributed by atoms with van der Waals surface area (Å²) in [6.07, 6.45) is 9.60. The fraction of sp³-hybridized carbons (Fsp3) is 0.0169. The molecular weight excluding hydrogens is 797 g/mol. The molecule has 304 valence electrons. The lowest BCUT2D eigenvalue weighted by molar-refractivity contribution is 0.969. The van der Waals surface area contributed by atoms with E-state index in [0.717, 1.165) is 61.5 Å². The molecule has 0 amide bonds. The normalized spacial score (nSPS) is 12.0. The number of fused-ring (bicyclic) bond motifs is 4. The number of nitrogens with zero attached hydrogens (tertiary/aromatic N) is 4. The Morgan fingerprint density at radius 1 is 0.469 bits per heavy atom. The van der Waals surface area contributed by atoms with Gasteiger partial charge in [-0.2, -0.15) is 0 Å². The Morgan fingerprint density at radius 2 is 0.938 bits per heavy atom. The van der Waals surface area contributed by atoms with E-state index in [2.05, 4.69) is 240 Å². The Balaban J connectivity index is 1.18. The van der Waals surface area contributed by atoms with Gasteiger partial charge in [0.25, 0.3) is 0 Å². The van der Waals surface area contributed by atoms with Crippen LogP contribution in [-0.2, 0) is 0 Å². The van der Waals surface area contributed by atoms with Crippen molar-refractivity contribution in [1.29, 1.82) is 0 Å². The molecule has 0 aliphatic carbocycles. The molecule has 64 heavy (non-hydrogen) atoms. The van der Waals surface area contributed by atoms with E-state index in [0.29, 0.717) is 5.82 Å². The van der Waals surface area contributed by atoms with Crippen molar-refractivity contribution in [3.8, 4) is 46.5 Å². The molecule has 0 radical (unpaired) electrons. The molecule has 0 saturated heterocycles. The highest BCUT2D eigenvalue weighted by atomic mass is 32.3. The molecule has 11 rings (SSSR count). The van der Waals surface area contributed by atoms with Crippen molar-refractivity contribution < 1.29 is 0 Å². The topological polar surface area (TPSA) is 35.6 Å². The van der Waals surface area contributed by atoms with Crippen molar-refractivity contribution in [3.05, 3.63) is 236 Å². The Hall–Kier alpha value is -8.17. The number of terminal acetylenes is 1. The molecular formula is C59H42N4S. The summed E-state index contributed by atoms with van der Waals surface area (Å²) in [7, 11) is -1.98. The van der Waals surface area contributed by atoms with Gasteiger partial charge in [-0.3, -0.25) is 9.13 Å². The number of rotatable bonds is 9. The van der Waals surface area contributed by atoms with Crippen LogP contribution in [0.1, 0.15) is 11.3 Å². The van der Waals surface area contributed by atoms with E-state index < -0.39 is 10.0 Å². The fourth-order valence-corrected chi connectivity index (χ4v) is 13.5. The van der Waals surface area contributed by atoms with Gasteiger partial charge < -0.3 is 0 Å². The van der Waals surface area contributed by atoms with E-state index in [1.165, 1.54) is 30.4 Å². The lowest BCUT2D eigenvalue weighted by Gasteiger charge is -2.43. The predicted octanol–water partition coefficient (Wildman–Crippen LogP) is 15.1. The highest BCUT2D eigenvalue weighted by molar-refractivity contribution is 8.34. The van der Waals surface area contributed by atoms with Crippen LogP contribution in [0.25, 0.3) is 72.9 Å². The van der Waals surface area contributed by atoms with Gasteiger partial charge in [-0.25, -0.2) is 9.97 Å². The number of para-hydroxylation sites is 3. The van der Waals surface area contributed by atoms with E-state index >= 15 is 0 Å². The van der Waals surface area contributed by atoms with Gasteiger partial charge in [0.15, 0.2) is 5.82 Å². The van der Waals surface area contributed by atoms with Crippen LogP contribution in [0.3, 0.4) is 0 Å². The molecule has 5 heteroatoms. The second-order valence-electron chi connectivity index (χ2n) is 15.8. The molecule has 8 aromatic carbocycles. The van der Waals surface area contributed by atoms with Gasteiger partial charge in [0.1, 0.15) is 11.6 Å². The molecule has 0 bridgehead atoms. The number of benzene rings is 8. The molecule has 0 atom stereocenters. The van der Waals surface area contributed by atoms with Gasteiger partial charge in [-0.15, -0.1) is 16.5 Å². The number of aryl methyl sites for hydroxylation is 1. The minimum absolute atomic E-state index is 0.615. The van der Waals surface area contributed by atoms with Crippen LogP contribution >= 0.6 is 10.0 Å². The van der Waals surface area contributed by atoms with Crippen molar-refractivity contribution in [2.45, 2.75) is 26.5 Å². The minimum Gasteiger partial charge on any atom is -0.294 e. The van der Waals surface area contributed by atoms with Crippen molar-refractivity contribution in [2.75, 3.05) is 0 Å². The van der Waals surface area contributed by atoms with E-state index in [1.54, 1.807) is 6.08 Å². The first kappa shape index (κ1) is 38.7. The molecule has 4 nitrogen and oxygen atoms in total. The molecule has 0 unspecified atom stereocenters. The molecule has 11 aromatic rings. The Kier molecular flexibility index (Phi) is 9.84. The number of hydrogen-bond acceptors (Lipinski definition) is 2. The lowest BCUT2D eigenvalue weighted by atomic mass is 10.0. The highest BCUT2D eigenvalue weighted by Crippen LogP contribution is 2.74. The molecule has 3 aromatic heterocycles. The number of hydrogen-bond donors (Lipinski definition) is 0. The monoisotopic (exact) mass is 838 g/mol. The third kappa shape index (κ3) is 6.35. The maximum Gasteiger partial charge on any atom is 0.163 e. The third-order valence-electron chi connectivity index (χ3n) is 12.2. The first-order valence-corrected chi connectivity index (χ1v) is 23.1. The number of aromatic nitrogens is 4. The van der Waals surface area contributed by atoms with Crippen LogP contribution < -0.4 is 0 Å². The quantitative estimate of drug-likeness (QED) is 0.136. The van der Waals surface area contributed by atoms with E-state index in [4.69, 9.17) is 16.4 Å². The van der Waals surface area contributed by atoms with Crippen LogP contribution in [-0.4, -0.2) is 19.1 Å². The molecule has 0 saturated carbocycles. The van der Waals surface area contributed by atoms with Crippen LogP contribution in [0.4, 0.5) is 0 Å². The highest BCUT2D eigenvalue weighted by Gasteiger charge is 2.35. The van der Waals surface area contributed by atoms with Crippen molar-refractivity contribution >= 4 is 48.8 Å². The summed E-state index contributed by atoms with van der Waals surface area (Å²) in [6, 6.07) is 78.4. The first-order valence-electron chi connectivity index (χ1n) is 21.4. The van der Waals surface area contributed by atoms with Crippen LogP contribution in [0.2, 0.25) is 0 Å². The minimum atomic E-state index is -1.98. The molecule has 0 N–H and O–H groups in total. The Bertz CT molecular complexity index is 3430. The van der Waals surface area contributed by atoms with Gasteiger partial charge in [-0.05, 0) is 102 Å². The van der Waals surface area contributed by atoms with Crippen LogP contribution in [0, 0.1) is 19.3 Å². The Morgan fingerprint density at radius 3 is 1.52 bits per heavy atom. The molecule has 0 spiro atoms. The smallest absolute Gasteiger partial charge is 0.163 e. The average Bonchev–Trinajstić information content (AvgIpc) is 3.86. The summed E-state index contributed by atoms with van der Waals surface area (Å²) in [5.74, 6) is 4.85. The summed E-state index contributed by atoms with van der Waals surface area (Å²) in [5, 5.41) is 3.47. The fourth-order valence-electron chi connectivity index (χ4n) is 9.41. The van der Waals surface area contributed by atoms with Gasteiger partial charge in [0.05, 0.1) is 22.2 Å². The first-order chi connectivity index (χ1) is 31.6. The van der Waals surface area contributed by atoms with E-state index in [9.17, 15) is 0 Å². The van der Waals surface area contributed by atoms with Crippen molar-refractivity contribution in [3.63, 3.8) is 0 Å². The van der Waals surface area contributed by atoms with Crippen LogP contribution in [0.15, 0.2) is 244 Å². The van der Waals surface area contributed by atoms with Gasteiger partial charge in [-0.1, -0.05) is 152 Å². The van der Waals surface area contributed by atoms with Gasteiger partial charge in [0.2, 0.25) is 0 Å².